The number of hydrogen-bond donors (Lipinski definition) is 1. The van der Waals surface area contributed by atoms with Crippen LogP contribution in [0.3, 0.4) is 0 Å². The Labute approximate surface area is 144 Å². The van der Waals surface area contributed by atoms with Gasteiger partial charge in [-0.25, -0.2) is 9.97 Å². The van der Waals surface area contributed by atoms with E-state index >= 15 is 0 Å². The quantitative estimate of drug-likeness (QED) is 0.678. The monoisotopic (exact) mass is 350 g/mol. The molecule has 3 heterocycles. The highest BCUT2D eigenvalue weighted by Gasteiger charge is 2.22. The van der Waals surface area contributed by atoms with Crippen molar-refractivity contribution in [2.75, 3.05) is 25.9 Å². The lowest BCUT2D eigenvalue weighted by atomic mass is 10.1. The number of rotatable bonds is 4. The van der Waals surface area contributed by atoms with Gasteiger partial charge < -0.3 is 10.2 Å². The number of nitrogens with one attached hydrogen (secondary N) is 1. The van der Waals surface area contributed by atoms with E-state index in [1.54, 1.807) is 17.7 Å². The Morgan fingerprint density at radius 2 is 2.13 bits per heavy atom. The molecule has 7 heteroatoms. The average molecular weight is 351 g/mol. The summed E-state index contributed by atoms with van der Waals surface area (Å²) >= 11 is 3.22. The Morgan fingerprint density at radius 3 is 2.87 bits per heavy atom. The largest absolute Gasteiger partial charge is 0.342 e. The molecule has 1 aliphatic heterocycles. The summed E-state index contributed by atoms with van der Waals surface area (Å²) in [7, 11) is 1.93. The molecule has 0 aliphatic carbocycles. The molecule has 23 heavy (non-hydrogen) atoms. The lowest BCUT2D eigenvalue weighted by Gasteiger charge is -2.31. The number of aromatic nitrogens is 2. The zero-order chi connectivity index (χ0) is 16.4. The molecule has 0 atom stereocenters. The maximum Gasteiger partial charge on any atom is 0.232 e. The van der Waals surface area contributed by atoms with Crippen LogP contribution in [-0.4, -0.2) is 52.7 Å². The number of hydrogen-bond acceptors (Lipinski definition) is 6. The van der Waals surface area contributed by atoms with Gasteiger partial charge in [0, 0.05) is 23.4 Å². The fourth-order valence-electron chi connectivity index (χ4n) is 2.89. The molecular formula is C16H22N4OS2. The number of thioether (sulfide) groups is 1. The van der Waals surface area contributed by atoms with Crippen LogP contribution in [0.15, 0.2) is 11.4 Å². The van der Waals surface area contributed by atoms with Crippen LogP contribution < -0.4 is 5.32 Å². The number of amides is 1. The predicted molar refractivity (Wildman–Crippen MR) is 96.3 cm³/mol. The number of thiophene rings is 1. The van der Waals surface area contributed by atoms with Crippen molar-refractivity contribution in [3.63, 3.8) is 0 Å². The van der Waals surface area contributed by atoms with Gasteiger partial charge in [0.15, 0.2) is 0 Å². The molecule has 0 unspecified atom stereocenters. The predicted octanol–water partition coefficient (Wildman–Crippen LogP) is 2.61. The Morgan fingerprint density at radius 1 is 1.39 bits per heavy atom. The van der Waals surface area contributed by atoms with Crippen LogP contribution in [0.25, 0.3) is 10.2 Å². The van der Waals surface area contributed by atoms with Gasteiger partial charge in [-0.2, -0.15) is 0 Å². The maximum absolute atomic E-state index is 12.5. The second-order valence-corrected chi connectivity index (χ2v) is 8.08. The van der Waals surface area contributed by atoms with Gasteiger partial charge in [-0.05, 0) is 45.3 Å². The van der Waals surface area contributed by atoms with E-state index in [9.17, 15) is 4.79 Å². The average Bonchev–Trinajstić information content (AvgIpc) is 2.88. The summed E-state index contributed by atoms with van der Waals surface area (Å²) in [6, 6.07) is 0.361. The molecule has 2 aromatic rings. The number of aryl methyl sites for hydroxylation is 2. The maximum atomic E-state index is 12.5. The molecule has 0 aromatic carbocycles. The second kappa shape index (κ2) is 7.15. The third-order valence-corrected chi connectivity index (χ3v) is 6.60. The fraction of sp³-hybridized carbons (Fsp3) is 0.562. The van der Waals surface area contributed by atoms with Crippen LogP contribution in [0.5, 0.6) is 0 Å². The van der Waals surface area contributed by atoms with Gasteiger partial charge in [0.2, 0.25) is 5.91 Å². The first-order chi connectivity index (χ1) is 11.1. The zero-order valence-corrected chi connectivity index (χ0v) is 15.4. The molecular weight excluding hydrogens is 328 g/mol. The summed E-state index contributed by atoms with van der Waals surface area (Å²) in [5.74, 6) is 0.610. The number of carbonyl (C=O) groups excluding carboxylic acids is 1. The van der Waals surface area contributed by atoms with Crippen LogP contribution in [0.4, 0.5) is 0 Å². The van der Waals surface area contributed by atoms with Crippen molar-refractivity contribution in [3.8, 4) is 0 Å². The normalized spacial score (nSPS) is 16.0. The molecule has 0 radical (unpaired) electrons. The van der Waals surface area contributed by atoms with E-state index in [2.05, 4.69) is 29.1 Å². The first-order valence-corrected chi connectivity index (χ1v) is 9.68. The molecule has 1 N–H and O–H groups in total. The van der Waals surface area contributed by atoms with Crippen LogP contribution in [0.1, 0.15) is 23.3 Å². The third-order valence-electron chi connectivity index (χ3n) is 4.51. The Hall–Kier alpha value is -1.18. The fourth-order valence-corrected chi connectivity index (χ4v) is 4.93. The van der Waals surface area contributed by atoms with Gasteiger partial charge in [-0.1, -0.05) is 11.8 Å². The van der Waals surface area contributed by atoms with E-state index in [0.717, 1.165) is 41.2 Å². The number of nitrogens with zero attached hydrogens (tertiary/aromatic N) is 3. The summed E-state index contributed by atoms with van der Waals surface area (Å²) in [5, 5.41) is 5.36. The molecule has 2 aromatic heterocycles. The van der Waals surface area contributed by atoms with Crippen LogP contribution in [0.2, 0.25) is 0 Å². The van der Waals surface area contributed by atoms with Crippen LogP contribution in [-0.2, 0) is 4.79 Å². The van der Waals surface area contributed by atoms with Crippen molar-refractivity contribution in [2.45, 2.75) is 37.8 Å². The standard InChI is InChI=1S/C16H22N4OS2/c1-10-11(2)23-16-14(10)15(18-9-19-16)22-8-13(21)20(3)12-4-6-17-7-5-12/h9,12,17H,4-8H2,1-3H3. The van der Waals surface area contributed by atoms with E-state index in [4.69, 9.17) is 0 Å². The smallest absolute Gasteiger partial charge is 0.232 e. The van der Waals surface area contributed by atoms with Gasteiger partial charge in [0.1, 0.15) is 16.2 Å². The minimum atomic E-state index is 0.179. The Balaban J connectivity index is 1.69. The van der Waals surface area contributed by atoms with Crippen molar-refractivity contribution in [1.82, 2.24) is 20.2 Å². The van der Waals surface area contributed by atoms with Gasteiger partial charge in [-0.3, -0.25) is 4.79 Å². The van der Waals surface area contributed by atoms with Gasteiger partial charge >= 0.3 is 0 Å². The van der Waals surface area contributed by atoms with Gasteiger partial charge in [0.25, 0.3) is 0 Å². The third kappa shape index (κ3) is 3.51. The lowest BCUT2D eigenvalue weighted by Crippen LogP contribution is -2.44. The molecule has 1 amide bonds. The highest BCUT2D eigenvalue weighted by Crippen LogP contribution is 2.34. The highest BCUT2D eigenvalue weighted by molar-refractivity contribution is 8.00. The van der Waals surface area contributed by atoms with E-state index in [1.807, 2.05) is 11.9 Å². The topological polar surface area (TPSA) is 58.1 Å². The van der Waals surface area contributed by atoms with E-state index in [-0.39, 0.29) is 5.91 Å². The summed E-state index contributed by atoms with van der Waals surface area (Å²) in [5.41, 5.74) is 1.23. The summed E-state index contributed by atoms with van der Waals surface area (Å²) in [4.78, 5) is 25.4. The Kier molecular flexibility index (Phi) is 5.18. The van der Waals surface area contributed by atoms with Crippen molar-refractivity contribution in [3.05, 3.63) is 16.8 Å². The molecule has 0 bridgehead atoms. The number of piperidine rings is 1. The first kappa shape index (κ1) is 16.7. The Bertz CT molecular complexity index is 709. The van der Waals surface area contributed by atoms with Gasteiger partial charge in [0.05, 0.1) is 5.75 Å². The van der Waals surface area contributed by atoms with Crippen molar-refractivity contribution in [2.24, 2.45) is 0 Å². The molecule has 3 rings (SSSR count). The molecule has 1 saturated heterocycles. The summed E-state index contributed by atoms with van der Waals surface area (Å²) in [6.45, 7) is 6.20. The van der Waals surface area contributed by atoms with Crippen molar-refractivity contribution < 1.29 is 4.79 Å². The summed E-state index contributed by atoms with van der Waals surface area (Å²) < 4.78 is 0. The molecule has 124 valence electrons. The molecule has 0 spiro atoms. The molecule has 1 aliphatic rings. The van der Waals surface area contributed by atoms with E-state index in [1.165, 1.54) is 22.2 Å². The van der Waals surface area contributed by atoms with Crippen molar-refractivity contribution >= 4 is 39.2 Å². The molecule has 1 fully saturated rings. The summed E-state index contributed by atoms with van der Waals surface area (Å²) in [6.07, 6.45) is 3.67. The van der Waals surface area contributed by atoms with Crippen molar-refractivity contribution in [1.29, 1.82) is 0 Å². The minimum Gasteiger partial charge on any atom is -0.342 e. The van der Waals surface area contributed by atoms with Crippen LogP contribution >= 0.6 is 23.1 Å². The zero-order valence-electron chi connectivity index (χ0n) is 13.8. The van der Waals surface area contributed by atoms with Gasteiger partial charge in [-0.15, -0.1) is 11.3 Å². The second-order valence-electron chi connectivity index (χ2n) is 5.92. The number of carbonyl (C=O) groups is 1. The van der Waals surface area contributed by atoms with Crippen LogP contribution in [0, 0.1) is 13.8 Å². The SMILES string of the molecule is Cc1sc2ncnc(SCC(=O)N(C)C3CCNCC3)c2c1C. The lowest BCUT2D eigenvalue weighted by molar-refractivity contribution is -0.129. The molecule has 5 nitrogen and oxygen atoms in total. The minimum absolute atomic E-state index is 0.179. The number of fused-ring (bicyclic) bond motifs is 1. The van der Waals surface area contributed by atoms with E-state index < -0.39 is 0 Å². The first-order valence-electron chi connectivity index (χ1n) is 7.87. The van der Waals surface area contributed by atoms with E-state index in [0.29, 0.717) is 11.8 Å². The molecule has 0 saturated carbocycles. The highest BCUT2D eigenvalue weighted by atomic mass is 32.2.